The third-order valence-corrected chi connectivity index (χ3v) is 6.95. The molecule has 0 N–H and O–H groups in total. The summed E-state index contributed by atoms with van der Waals surface area (Å²) in [7, 11) is 0. The normalized spacial score (nSPS) is 17.2. The van der Waals surface area contributed by atoms with Gasteiger partial charge in [0.2, 0.25) is 0 Å². The van der Waals surface area contributed by atoms with Gasteiger partial charge in [0.25, 0.3) is 5.91 Å². The summed E-state index contributed by atoms with van der Waals surface area (Å²) in [6.07, 6.45) is 4.69. The van der Waals surface area contributed by atoms with E-state index in [-0.39, 0.29) is 5.91 Å². The molecule has 0 spiro atoms. The van der Waals surface area contributed by atoms with Crippen LogP contribution in [0, 0.1) is 0 Å². The minimum Gasteiger partial charge on any atom is -0.492 e. The molecule has 0 saturated carbocycles. The average Bonchev–Trinajstić information content (AvgIpc) is 3.48. The van der Waals surface area contributed by atoms with Crippen molar-refractivity contribution in [3.63, 3.8) is 0 Å². The van der Waals surface area contributed by atoms with Crippen molar-refractivity contribution < 1.29 is 14.3 Å². The van der Waals surface area contributed by atoms with Crippen molar-refractivity contribution in [3.05, 3.63) is 70.2 Å². The lowest BCUT2D eigenvalue weighted by atomic mass is 10.1. The molecule has 180 valence electrons. The van der Waals surface area contributed by atoms with E-state index in [1.165, 1.54) is 11.8 Å². The zero-order valence-electron chi connectivity index (χ0n) is 19.3. The van der Waals surface area contributed by atoms with Gasteiger partial charge in [0.05, 0.1) is 35.4 Å². The van der Waals surface area contributed by atoms with Gasteiger partial charge in [-0.2, -0.15) is 10.1 Å². The molecule has 1 aromatic heterocycles. The van der Waals surface area contributed by atoms with Crippen LogP contribution in [0.15, 0.2) is 64.6 Å². The number of halogens is 1. The summed E-state index contributed by atoms with van der Waals surface area (Å²) in [5.74, 6) is 0.404. The molecule has 2 aliphatic heterocycles. The van der Waals surface area contributed by atoms with Gasteiger partial charge in [-0.25, -0.2) is 4.68 Å². The molecular weight excluding hydrogens is 484 g/mol. The second kappa shape index (κ2) is 10.7. The monoisotopic (exact) mass is 508 g/mol. The first kappa shape index (κ1) is 23.7. The molecule has 0 unspecified atom stereocenters. The zero-order valence-corrected chi connectivity index (χ0v) is 20.9. The van der Waals surface area contributed by atoms with Gasteiger partial charge in [0.15, 0.2) is 5.17 Å². The van der Waals surface area contributed by atoms with Crippen LogP contribution < -0.4 is 4.74 Å². The number of morpholine rings is 1. The van der Waals surface area contributed by atoms with Crippen molar-refractivity contribution in [3.8, 4) is 22.7 Å². The average molecular weight is 509 g/mol. The van der Waals surface area contributed by atoms with Crippen LogP contribution in [0.2, 0.25) is 5.02 Å². The van der Waals surface area contributed by atoms with Crippen LogP contribution in [-0.4, -0.2) is 58.7 Å². The predicted molar refractivity (Wildman–Crippen MR) is 140 cm³/mol. The molecule has 0 atom stereocenters. The number of amidine groups is 1. The van der Waals surface area contributed by atoms with E-state index in [0.717, 1.165) is 47.2 Å². The number of aliphatic imine (C=N–C) groups is 1. The number of para-hydroxylation sites is 1. The number of rotatable bonds is 6. The number of ether oxygens (including phenoxy) is 2. The van der Waals surface area contributed by atoms with Crippen molar-refractivity contribution in [1.29, 1.82) is 0 Å². The minimum atomic E-state index is -0.240. The Morgan fingerprint density at radius 3 is 2.71 bits per heavy atom. The highest BCUT2D eigenvalue weighted by Gasteiger charge is 2.28. The molecule has 1 amide bonds. The van der Waals surface area contributed by atoms with Gasteiger partial charge >= 0.3 is 0 Å². The number of amides is 1. The van der Waals surface area contributed by atoms with Crippen molar-refractivity contribution in [2.75, 3.05) is 32.9 Å². The van der Waals surface area contributed by atoms with Gasteiger partial charge < -0.3 is 14.4 Å². The van der Waals surface area contributed by atoms with Crippen LogP contribution in [0.25, 0.3) is 23.0 Å². The SMILES string of the molecule is CCCOc1ccc(-c2nn(-c3ccccc3)cc2C=C2SC(N3CCOCC3)=NC2=O)cc1Cl. The molecule has 0 aliphatic carbocycles. The van der Waals surface area contributed by atoms with Crippen molar-refractivity contribution >= 4 is 40.5 Å². The summed E-state index contributed by atoms with van der Waals surface area (Å²) in [4.78, 5) is 19.7. The lowest BCUT2D eigenvalue weighted by Crippen LogP contribution is -2.38. The maximum Gasteiger partial charge on any atom is 0.286 e. The third-order valence-electron chi connectivity index (χ3n) is 5.61. The molecule has 1 saturated heterocycles. The Morgan fingerprint density at radius 1 is 1.17 bits per heavy atom. The van der Waals surface area contributed by atoms with E-state index in [2.05, 4.69) is 16.8 Å². The highest BCUT2D eigenvalue weighted by atomic mass is 35.5. The van der Waals surface area contributed by atoms with E-state index in [1.54, 1.807) is 0 Å². The fourth-order valence-corrected chi connectivity index (χ4v) is 5.03. The Bertz CT molecular complexity index is 1280. The van der Waals surface area contributed by atoms with E-state index >= 15 is 0 Å². The molecule has 3 heterocycles. The van der Waals surface area contributed by atoms with E-state index < -0.39 is 0 Å². The second-order valence-electron chi connectivity index (χ2n) is 8.12. The van der Waals surface area contributed by atoms with Crippen LogP contribution in [-0.2, 0) is 9.53 Å². The van der Waals surface area contributed by atoms with E-state index in [0.29, 0.717) is 35.5 Å². The van der Waals surface area contributed by atoms with Gasteiger partial charge in [-0.15, -0.1) is 0 Å². The number of aromatic nitrogens is 2. The first-order chi connectivity index (χ1) is 17.1. The lowest BCUT2D eigenvalue weighted by Gasteiger charge is -2.27. The maximum atomic E-state index is 12.8. The molecule has 0 radical (unpaired) electrons. The topological polar surface area (TPSA) is 68.9 Å². The van der Waals surface area contributed by atoms with Gasteiger partial charge in [-0.05, 0) is 54.6 Å². The van der Waals surface area contributed by atoms with Gasteiger partial charge in [-0.1, -0.05) is 36.7 Å². The molecule has 0 bridgehead atoms. The van der Waals surface area contributed by atoms with E-state index in [4.69, 9.17) is 26.2 Å². The molecule has 2 aromatic carbocycles. The lowest BCUT2D eigenvalue weighted by molar-refractivity contribution is -0.113. The summed E-state index contributed by atoms with van der Waals surface area (Å²) >= 11 is 7.92. The molecule has 3 aromatic rings. The Morgan fingerprint density at radius 2 is 1.97 bits per heavy atom. The van der Waals surface area contributed by atoms with Crippen LogP contribution in [0.5, 0.6) is 5.75 Å². The molecule has 35 heavy (non-hydrogen) atoms. The third kappa shape index (κ3) is 5.29. The van der Waals surface area contributed by atoms with Gasteiger partial charge in [-0.3, -0.25) is 4.79 Å². The standard InChI is InChI=1S/C26H25ClN4O3S/c1-2-12-34-22-9-8-18(15-21(22)27)24-19(17-31(29-24)20-6-4-3-5-7-20)16-23-25(32)28-26(35-23)30-10-13-33-14-11-30/h3-9,15-17H,2,10-14H2,1H3. The van der Waals surface area contributed by atoms with E-state index in [1.807, 2.05) is 65.5 Å². The van der Waals surface area contributed by atoms with Crippen LogP contribution in [0.3, 0.4) is 0 Å². The van der Waals surface area contributed by atoms with E-state index in [9.17, 15) is 4.79 Å². The van der Waals surface area contributed by atoms with Crippen LogP contribution in [0.4, 0.5) is 0 Å². The summed E-state index contributed by atoms with van der Waals surface area (Å²) in [6.45, 7) is 5.39. The van der Waals surface area contributed by atoms with Crippen molar-refractivity contribution in [1.82, 2.24) is 14.7 Å². The van der Waals surface area contributed by atoms with Crippen molar-refractivity contribution in [2.24, 2.45) is 4.99 Å². The smallest absolute Gasteiger partial charge is 0.286 e. The second-order valence-corrected chi connectivity index (χ2v) is 9.53. The number of thioether (sulfide) groups is 1. The zero-order chi connectivity index (χ0) is 24.2. The Kier molecular flexibility index (Phi) is 7.22. The first-order valence-corrected chi connectivity index (χ1v) is 12.7. The largest absolute Gasteiger partial charge is 0.492 e. The fraction of sp³-hybridized carbons (Fsp3) is 0.269. The van der Waals surface area contributed by atoms with Gasteiger partial charge in [0.1, 0.15) is 11.4 Å². The minimum absolute atomic E-state index is 0.240. The highest BCUT2D eigenvalue weighted by molar-refractivity contribution is 8.18. The number of hydrogen-bond acceptors (Lipinski definition) is 6. The molecule has 9 heteroatoms. The van der Waals surface area contributed by atoms with Crippen LogP contribution in [0.1, 0.15) is 18.9 Å². The number of carbonyl (C=O) groups excluding carboxylic acids is 1. The van der Waals surface area contributed by atoms with Crippen molar-refractivity contribution in [2.45, 2.75) is 13.3 Å². The number of hydrogen-bond donors (Lipinski definition) is 0. The summed E-state index contributed by atoms with van der Waals surface area (Å²) < 4.78 is 13.0. The molecule has 2 aliphatic rings. The maximum absolute atomic E-state index is 12.8. The number of carbonyl (C=O) groups is 1. The number of benzene rings is 2. The Labute approximate surface area is 213 Å². The molecular formula is C26H25ClN4O3S. The van der Waals surface area contributed by atoms with Gasteiger partial charge in [0, 0.05) is 30.4 Å². The number of nitrogens with zero attached hydrogens (tertiary/aromatic N) is 4. The first-order valence-electron chi connectivity index (χ1n) is 11.6. The highest BCUT2D eigenvalue weighted by Crippen LogP contribution is 2.35. The molecule has 7 nitrogen and oxygen atoms in total. The molecule has 5 rings (SSSR count). The summed E-state index contributed by atoms with van der Waals surface area (Å²) in [6, 6.07) is 15.5. The Balaban J connectivity index is 1.50. The summed E-state index contributed by atoms with van der Waals surface area (Å²) in [5.41, 5.74) is 3.29. The quantitative estimate of drug-likeness (QED) is 0.422. The predicted octanol–water partition coefficient (Wildman–Crippen LogP) is 5.28. The Hall–Kier alpha value is -3.07. The molecule has 1 fully saturated rings. The summed E-state index contributed by atoms with van der Waals surface area (Å²) in [5, 5.41) is 6.09. The van der Waals surface area contributed by atoms with Crippen LogP contribution >= 0.6 is 23.4 Å². The fourth-order valence-electron chi connectivity index (χ4n) is 3.84.